The third-order valence-corrected chi connectivity index (χ3v) is 4.24. The number of nitrogens with two attached hydrogens (primary N) is 1. The minimum Gasteiger partial charge on any atom is -0.349 e. The van der Waals surface area contributed by atoms with E-state index in [4.69, 9.17) is 5.73 Å². The second kappa shape index (κ2) is 5.31. The first-order valence-electron chi connectivity index (χ1n) is 6.73. The number of hydrogen-bond acceptors (Lipinski definition) is 4. The van der Waals surface area contributed by atoms with Gasteiger partial charge < -0.3 is 10.6 Å². The number of pyridine rings is 1. The van der Waals surface area contributed by atoms with Crippen molar-refractivity contribution in [2.75, 3.05) is 4.90 Å². The van der Waals surface area contributed by atoms with Crippen LogP contribution in [0.3, 0.4) is 0 Å². The zero-order valence-corrected chi connectivity index (χ0v) is 11.9. The van der Waals surface area contributed by atoms with Crippen LogP contribution in [-0.4, -0.2) is 11.0 Å². The molecule has 4 heteroatoms. The summed E-state index contributed by atoms with van der Waals surface area (Å²) in [4.78, 5) is 7.00. The van der Waals surface area contributed by atoms with Crippen molar-refractivity contribution < 1.29 is 0 Å². The number of thiophene rings is 1. The average molecular weight is 273 g/mol. The summed E-state index contributed by atoms with van der Waals surface area (Å²) >= 11 is 1.75. The predicted molar refractivity (Wildman–Crippen MR) is 80.4 cm³/mol. The first kappa shape index (κ1) is 12.6. The molecule has 1 unspecified atom stereocenters. The average Bonchev–Trinajstić information content (AvgIpc) is 3.13. The Morgan fingerprint density at radius 3 is 2.79 bits per heavy atom. The van der Waals surface area contributed by atoms with Gasteiger partial charge >= 0.3 is 0 Å². The third-order valence-electron chi connectivity index (χ3n) is 3.51. The molecule has 1 aliphatic carbocycles. The van der Waals surface area contributed by atoms with Crippen molar-refractivity contribution in [2.45, 2.75) is 38.4 Å². The molecule has 1 atom stereocenters. The van der Waals surface area contributed by atoms with Gasteiger partial charge in [-0.2, -0.15) is 11.3 Å². The normalized spacial score (nSPS) is 16.3. The number of rotatable bonds is 5. The Bertz CT molecular complexity index is 515. The van der Waals surface area contributed by atoms with E-state index in [1.807, 2.05) is 13.1 Å². The van der Waals surface area contributed by atoms with Crippen LogP contribution in [-0.2, 0) is 6.54 Å². The van der Waals surface area contributed by atoms with Crippen LogP contribution in [0, 0.1) is 0 Å². The van der Waals surface area contributed by atoms with E-state index < -0.39 is 0 Å². The van der Waals surface area contributed by atoms with Crippen LogP contribution in [0.25, 0.3) is 0 Å². The summed E-state index contributed by atoms with van der Waals surface area (Å²) in [6.45, 7) is 2.94. The molecule has 3 nitrogen and oxygen atoms in total. The van der Waals surface area contributed by atoms with E-state index in [9.17, 15) is 0 Å². The van der Waals surface area contributed by atoms with Gasteiger partial charge in [-0.3, -0.25) is 0 Å². The van der Waals surface area contributed by atoms with Crippen molar-refractivity contribution in [1.29, 1.82) is 0 Å². The molecule has 0 aromatic carbocycles. The van der Waals surface area contributed by atoms with Crippen molar-refractivity contribution in [3.63, 3.8) is 0 Å². The minimum absolute atomic E-state index is 0.0489. The summed E-state index contributed by atoms with van der Waals surface area (Å²) in [7, 11) is 0. The van der Waals surface area contributed by atoms with Crippen LogP contribution in [0.1, 0.15) is 36.9 Å². The molecule has 19 heavy (non-hydrogen) atoms. The molecular weight excluding hydrogens is 254 g/mol. The molecule has 0 amide bonds. The fourth-order valence-corrected chi connectivity index (χ4v) is 2.86. The van der Waals surface area contributed by atoms with Crippen molar-refractivity contribution in [3.05, 3.63) is 46.3 Å². The Kier molecular flexibility index (Phi) is 3.53. The van der Waals surface area contributed by atoms with E-state index in [1.54, 1.807) is 11.3 Å². The van der Waals surface area contributed by atoms with Gasteiger partial charge in [0.05, 0.1) is 0 Å². The van der Waals surface area contributed by atoms with Crippen LogP contribution in [0.4, 0.5) is 5.82 Å². The molecule has 2 N–H and O–H groups in total. The molecule has 0 radical (unpaired) electrons. The molecule has 0 spiro atoms. The van der Waals surface area contributed by atoms with Crippen LogP contribution in [0.5, 0.6) is 0 Å². The van der Waals surface area contributed by atoms with Gasteiger partial charge in [-0.1, -0.05) is 6.07 Å². The fraction of sp³-hybridized carbons (Fsp3) is 0.400. The van der Waals surface area contributed by atoms with Crippen LogP contribution in [0.15, 0.2) is 35.2 Å². The summed E-state index contributed by atoms with van der Waals surface area (Å²) in [6.07, 6.45) is 4.46. The van der Waals surface area contributed by atoms with Gasteiger partial charge in [-0.15, -0.1) is 0 Å². The summed E-state index contributed by atoms with van der Waals surface area (Å²) in [5, 5.41) is 4.35. The highest BCUT2D eigenvalue weighted by atomic mass is 32.1. The zero-order chi connectivity index (χ0) is 13.2. The Balaban J connectivity index is 1.79. The molecule has 0 saturated heterocycles. The first-order valence-corrected chi connectivity index (χ1v) is 7.67. The molecule has 0 bridgehead atoms. The number of nitrogens with zero attached hydrogens (tertiary/aromatic N) is 2. The molecule has 3 rings (SSSR count). The molecule has 100 valence electrons. The van der Waals surface area contributed by atoms with Crippen molar-refractivity contribution >= 4 is 17.2 Å². The van der Waals surface area contributed by atoms with Gasteiger partial charge in [0.25, 0.3) is 0 Å². The Morgan fingerprint density at radius 1 is 1.42 bits per heavy atom. The van der Waals surface area contributed by atoms with Crippen LogP contribution < -0.4 is 10.6 Å². The molecule has 1 fully saturated rings. The summed E-state index contributed by atoms with van der Waals surface area (Å²) in [5.74, 6) is 1.07. The van der Waals surface area contributed by atoms with Gasteiger partial charge in [0.1, 0.15) is 5.82 Å². The fourth-order valence-electron chi connectivity index (χ4n) is 2.20. The topological polar surface area (TPSA) is 42.1 Å². The van der Waals surface area contributed by atoms with Gasteiger partial charge in [-0.25, -0.2) is 4.98 Å². The lowest BCUT2D eigenvalue weighted by Gasteiger charge is -2.23. The zero-order valence-electron chi connectivity index (χ0n) is 11.1. The highest BCUT2D eigenvalue weighted by molar-refractivity contribution is 7.07. The Labute approximate surface area is 118 Å². The predicted octanol–water partition coefficient (Wildman–Crippen LogP) is 3.33. The SMILES string of the molecule is CC(N)c1ccc(N(Cc2ccsc2)C2CC2)nc1. The molecule has 1 saturated carbocycles. The van der Waals surface area contributed by atoms with Gasteiger partial charge in [0, 0.05) is 24.8 Å². The maximum atomic E-state index is 5.87. The lowest BCUT2D eigenvalue weighted by atomic mass is 10.1. The number of hydrogen-bond donors (Lipinski definition) is 1. The molecular formula is C15H19N3S. The maximum Gasteiger partial charge on any atom is 0.129 e. The minimum atomic E-state index is 0.0489. The van der Waals surface area contributed by atoms with Gasteiger partial charge in [0.2, 0.25) is 0 Å². The quantitative estimate of drug-likeness (QED) is 0.908. The highest BCUT2D eigenvalue weighted by Crippen LogP contribution is 2.32. The van der Waals surface area contributed by atoms with E-state index in [2.05, 4.69) is 38.8 Å². The maximum absolute atomic E-state index is 5.87. The number of aromatic nitrogens is 1. The van der Waals surface area contributed by atoms with E-state index in [1.165, 1.54) is 18.4 Å². The van der Waals surface area contributed by atoms with Crippen LogP contribution in [0.2, 0.25) is 0 Å². The van der Waals surface area contributed by atoms with Crippen molar-refractivity contribution in [1.82, 2.24) is 4.98 Å². The third kappa shape index (κ3) is 2.96. The van der Waals surface area contributed by atoms with Gasteiger partial charge in [0.15, 0.2) is 0 Å². The molecule has 2 aromatic rings. The molecule has 2 heterocycles. The molecule has 0 aliphatic heterocycles. The lowest BCUT2D eigenvalue weighted by Crippen LogP contribution is -2.25. The van der Waals surface area contributed by atoms with E-state index in [0.717, 1.165) is 17.9 Å². The summed E-state index contributed by atoms with van der Waals surface area (Å²) in [6, 6.07) is 7.09. The van der Waals surface area contributed by atoms with E-state index >= 15 is 0 Å². The smallest absolute Gasteiger partial charge is 0.129 e. The van der Waals surface area contributed by atoms with Gasteiger partial charge in [-0.05, 0) is 53.8 Å². The Morgan fingerprint density at radius 2 is 2.26 bits per heavy atom. The number of anilines is 1. The lowest BCUT2D eigenvalue weighted by molar-refractivity contribution is 0.770. The largest absolute Gasteiger partial charge is 0.349 e. The monoisotopic (exact) mass is 273 g/mol. The first-order chi connectivity index (χ1) is 9.24. The highest BCUT2D eigenvalue weighted by Gasteiger charge is 2.30. The summed E-state index contributed by atoms with van der Waals surface area (Å²) < 4.78 is 0. The van der Waals surface area contributed by atoms with Crippen molar-refractivity contribution in [2.24, 2.45) is 5.73 Å². The van der Waals surface area contributed by atoms with E-state index in [-0.39, 0.29) is 6.04 Å². The summed E-state index contributed by atoms with van der Waals surface area (Å²) in [5.41, 5.74) is 8.33. The Hall–Kier alpha value is -1.39. The molecule has 1 aliphatic rings. The van der Waals surface area contributed by atoms with E-state index in [0.29, 0.717) is 6.04 Å². The van der Waals surface area contributed by atoms with Crippen molar-refractivity contribution in [3.8, 4) is 0 Å². The second-order valence-corrected chi connectivity index (χ2v) is 6.01. The standard InChI is InChI=1S/C15H19N3S/c1-11(16)13-2-5-15(17-8-13)18(14-3-4-14)9-12-6-7-19-10-12/h2,5-8,10-11,14H,3-4,9,16H2,1H3. The second-order valence-electron chi connectivity index (χ2n) is 5.23. The van der Waals surface area contributed by atoms with Crippen LogP contribution >= 0.6 is 11.3 Å². The molecule has 2 aromatic heterocycles.